The van der Waals surface area contributed by atoms with Gasteiger partial charge >= 0.3 is 17.8 Å². The van der Waals surface area contributed by atoms with E-state index in [0.29, 0.717) is 35.9 Å². The summed E-state index contributed by atoms with van der Waals surface area (Å²) >= 11 is 5.80. The van der Waals surface area contributed by atoms with Crippen LogP contribution in [-0.4, -0.2) is 66.8 Å². The van der Waals surface area contributed by atoms with E-state index in [1.54, 1.807) is 24.3 Å². The molecule has 0 aliphatic rings. The van der Waals surface area contributed by atoms with E-state index < -0.39 is 48.7 Å². The SMILES string of the molecule is O=C(Cn1c(O)c(CCCNc2nc3ccccc3[nH]2)[nH]c1=O)NC[C@H](NC(=O)OCc1ccc(Cl)cc1)C(=O)O. The Morgan fingerprint density at radius 3 is 2.59 bits per heavy atom. The number of hydrogen-bond donors (Lipinski definition) is 7. The lowest BCUT2D eigenvalue weighted by atomic mass is 10.2. The normalized spacial score (nSPS) is 11.6. The van der Waals surface area contributed by atoms with Crippen LogP contribution in [0.15, 0.2) is 53.3 Å². The molecule has 2 heterocycles. The summed E-state index contributed by atoms with van der Waals surface area (Å²) in [5.74, 6) is -1.95. The Bertz CT molecular complexity index is 1550. The van der Waals surface area contributed by atoms with Gasteiger partial charge in [0.2, 0.25) is 17.7 Å². The first-order chi connectivity index (χ1) is 19.7. The van der Waals surface area contributed by atoms with Crippen molar-refractivity contribution in [1.82, 2.24) is 30.2 Å². The van der Waals surface area contributed by atoms with Crippen molar-refractivity contribution in [3.8, 4) is 5.88 Å². The molecule has 0 fully saturated rings. The molecule has 0 aliphatic carbocycles. The molecule has 4 rings (SSSR count). The number of rotatable bonds is 13. The number of ether oxygens (including phenoxy) is 1. The highest BCUT2D eigenvalue weighted by Crippen LogP contribution is 2.16. The predicted octanol–water partition coefficient (Wildman–Crippen LogP) is 1.95. The number of aromatic amines is 2. The van der Waals surface area contributed by atoms with Crippen LogP contribution in [0.25, 0.3) is 11.0 Å². The Labute approximate surface area is 237 Å². The number of amides is 2. The minimum atomic E-state index is -1.50. The number of fused-ring (bicyclic) bond motifs is 1. The van der Waals surface area contributed by atoms with Crippen LogP contribution in [0.3, 0.4) is 0 Å². The summed E-state index contributed by atoms with van der Waals surface area (Å²) in [6.45, 7) is -0.662. The van der Waals surface area contributed by atoms with Crippen LogP contribution in [0, 0.1) is 0 Å². The molecule has 0 saturated carbocycles. The van der Waals surface area contributed by atoms with Crippen molar-refractivity contribution in [2.75, 3.05) is 18.4 Å². The number of aliphatic carboxylic acids is 1. The lowest BCUT2D eigenvalue weighted by molar-refractivity contribution is -0.139. The van der Waals surface area contributed by atoms with Crippen LogP contribution >= 0.6 is 11.6 Å². The van der Waals surface area contributed by atoms with Crippen LogP contribution < -0.4 is 21.6 Å². The molecule has 15 heteroatoms. The molecule has 4 aromatic rings. The number of carboxylic acid groups (broad SMARTS) is 1. The number of aryl methyl sites for hydroxylation is 1. The Hall–Kier alpha value is -4.98. The monoisotopic (exact) mass is 585 g/mol. The van der Waals surface area contributed by atoms with Gasteiger partial charge in [0, 0.05) is 18.1 Å². The highest BCUT2D eigenvalue weighted by molar-refractivity contribution is 6.30. The first kappa shape index (κ1) is 29.0. The van der Waals surface area contributed by atoms with Gasteiger partial charge in [0.15, 0.2) is 0 Å². The van der Waals surface area contributed by atoms with E-state index in [1.165, 1.54) is 0 Å². The molecule has 0 bridgehead atoms. The van der Waals surface area contributed by atoms with Gasteiger partial charge in [-0.05, 0) is 42.7 Å². The third-order valence-electron chi connectivity index (χ3n) is 5.99. The number of benzene rings is 2. The highest BCUT2D eigenvalue weighted by Gasteiger charge is 2.22. The molecule has 7 N–H and O–H groups in total. The van der Waals surface area contributed by atoms with Gasteiger partial charge in [-0.2, -0.15) is 0 Å². The van der Waals surface area contributed by atoms with Crippen LogP contribution in [0.4, 0.5) is 10.7 Å². The quantitative estimate of drug-likeness (QED) is 0.114. The molecule has 0 unspecified atom stereocenters. The first-order valence-electron chi connectivity index (χ1n) is 12.6. The number of nitrogens with one attached hydrogen (secondary N) is 5. The largest absolute Gasteiger partial charge is 0.493 e. The average Bonchev–Trinajstić information content (AvgIpc) is 3.48. The van der Waals surface area contributed by atoms with E-state index in [1.807, 2.05) is 24.3 Å². The van der Waals surface area contributed by atoms with Gasteiger partial charge in [-0.25, -0.2) is 19.4 Å². The number of carboxylic acids is 1. The van der Waals surface area contributed by atoms with Gasteiger partial charge in [0.1, 0.15) is 19.2 Å². The zero-order valence-electron chi connectivity index (χ0n) is 21.6. The third-order valence-corrected chi connectivity index (χ3v) is 6.24. The predicted molar refractivity (Wildman–Crippen MR) is 149 cm³/mol. The number of aromatic hydroxyl groups is 1. The van der Waals surface area contributed by atoms with Crippen molar-refractivity contribution in [1.29, 1.82) is 0 Å². The number of alkyl carbamates (subject to hydrolysis) is 1. The van der Waals surface area contributed by atoms with E-state index >= 15 is 0 Å². The first-order valence-corrected chi connectivity index (χ1v) is 12.9. The Kier molecular flexibility index (Phi) is 9.47. The zero-order valence-corrected chi connectivity index (χ0v) is 22.4. The fraction of sp³-hybridized carbons (Fsp3) is 0.269. The zero-order chi connectivity index (χ0) is 29.4. The van der Waals surface area contributed by atoms with Gasteiger partial charge in [0.25, 0.3) is 0 Å². The second-order valence-electron chi connectivity index (χ2n) is 8.99. The molecule has 0 spiro atoms. The van der Waals surface area contributed by atoms with Crippen molar-refractivity contribution in [2.45, 2.75) is 32.0 Å². The van der Waals surface area contributed by atoms with Gasteiger partial charge < -0.3 is 40.9 Å². The number of aromatic nitrogens is 4. The molecular formula is C26H28ClN7O7. The molecule has 0 aliphatic heterocycles. The smallest absolute Gasteiger partial charge is 0.408 e. The molecular weight excluding hydrogens is 558 g/mol. The number of halogens is 1. The number of hydrogen-bond acceptors (Lipinski definition) is 8. The van der Waals surface area contributed by atoms with E-state index in [0.717, 1.165) is 15.6 Å². The van der Waals surface area contributed by atoms with Crippen LogP contribution in [0.1, 0.15) is 17.7 Å². The van der Waals surface area contributed by atoms with Gasteiger partial charge in [-0.15, -0.1) is 0 Å². The maximum absolute atomic E-state index is 12.4. The van der Waals surface area contributed by atoms with Crippen LogP contribution in [0.2, 0.25) is 5.02 Å². The molecule has 2 aromatic carbocycles. The second-order valence-corrected chi connectivity index (χ2v) is 9.43. The van der Waals surface area contributed by atoms with Gasteiger partial charge in [0.05, 0.1) is 16.7 Å². The molecule has 1 atom stereocenters. The third kappa shape index (κ3) is 8.02. The molecule has 2 aromatic heterocycles. The molecule has 0 saturated heterocycles. The topological polar surface area (TPSA) is 203 Å². The van der Waals surface area contributed by atoms with Crippen LogP contribution in [-0.2, 0) is 33.9 Å². The molecule has 0 radical (unpaired) electrons. The van der Waals surface area contributed by atoms with E-state index in [9.17, 15) is 29.4 Å². The summed E-state index contributed by atoms with van der Waals surface area (Å²) in [4.78, 5) is 58.4. The summed E-state index contributed by atoms with van der Waals surface area (Å²) < 4.78 is 5.84. The number of H-pyrrole nitrogens is 2. The fourth-order valence-corrected chi connectivity index (χ4v) is 4.00. The minimum Gasteiger partial charge on any atom is -0.493 e. The number of carbonyl (C=O) groups is 3. The maximum Gasteiger partial charge on any atom is 0.408 e. The maximum atomic E-state index is 12.4. The van der Waals surface area contributed by atoms with Crippen molar-refractivity contribution < 1.29 is 29.3 Å². The Balaban J connectivity index is 1.22. The standard InChI is InChI=1S/C26H28ClN7O7/c27-16-9-7-15(8-10-16)14-41-26(40)33-20(23(37)38)12-29-21(35)13-34-22(36)19(32-25(34)39)6-3-11-28-24-30-17-4-1-2-5-18(17)31-24/h1-2,4-5,7-10,20,36H,3,6,11-14H2,(H,29,35)(H,32,39)(H,33,40)(H,37,38)(H2,28,30,31)/t20-/m0/s1. The minimum absolute atomic E-state index is 0.115. The molecule has 14 nitrogen and oxygen atoms in total. The number of imidazole rings is 2. The number of para-hydroxylation sites is 2. The van der Waals surface area contributed by atoms with E-state index in [-0.39, 0.29) is 12.3 Å². The summed E-state index contributed by atoms with van der Waals surface area (Å²) in [6, 6.07) is 12.6. The molecule has 2 amide bonds. The lowest BCUT2D eigenvalue weighted by Crippen LogP contribution is -2.49. The average molecular weight is 586 g/mol. The second kappa shape index (κ2) is 13.4. The van der Waals surface area contributed by atoms with Crippen LogP contribution in [0.5, 0.6) is 5.88 Å². The number of anilines is 1. The summed E-state index contributed by atoms with van der Waals surface area (Å²) in [5, 5.41) is 28.0. The molecule has 216 valence electrons. The van der Waals surface area contributed by atoms with Crippen molar-refractivity contribution in [2.24, 2.45) is 0 Å². The lowest BCUT2D eigenvalue weighted by Gasteiger charge is -2.15. The van der Waals surface area contributed by atoms with Gasteiger partial charge in [-0.1, -0.05) is 35.9 Å². The Morgan fingerprint density at radius 1 is 1.10 bits per heavy atom. The van der Waals surface area contributed by atoms with Gasteiger partial charge in [-0.3, -0.25) is 9.36 Å². The summed E-state index contributed by atoms with van der Waals surface area (Å²) in [5.41, 5.74) is 1.92. The Morgan fingerprint density at radius 2 is 1.85 bits per heavy atom. The van der Waals surface area contributed by atoms with E-state index in [2.05, 4.69) is 30.9 Å². The van der Waals surface area contributed by atoms with Crippen molar-refractivity contribution in [3.05, 3.63) is 75.3 Å². The highest BCUT2D eigenvalue weighted by atomic mass is 35.5. The number of nitrogens with zero attached hydrogens (tertiary/aromatic N) is 2. The molecule has 41 heavy (non-hydrogen) atoms. The number of carbonyl (C=O) groups excluding carboxylic acids is 2. The van der Waals surface area contributed by atoms with E-state index in [4.69, 9.17) is 16.3 Å². The summed E-state index contributed by atoms with van der Waals surface area (Å²) in [6.07, 6.45) is -0.149. The fourth-order valence-electron chi connectivity index (χ4n) is 3.87. The van der Waals surface area contributed by atoms with Crippen molar-refractivity contribution >= 4 is 46.6 Å². The summed E-state index contributed by atoms with van der Waals surface area (Å²) in [7, 11) is 0. The van der Waals surface area contributed by atoms with Crippen molar-refractivity contribution in [3.63, 3.8) is 0 Å².